The maximum atomic E-state index is 5.87. The summed E-state index contributed by atoms with van der Waals surface area (Å²) in [5, 5.41) is 0. The lowest BCUT2D eigenvalue weighted by molar-refractivity contribution is -0.870. The highest BCUT2D eigenvalue weighted by molar-refractivity contribution is 5.45. The molecule has 1 rings (SSSR count). The summed E-state index contributed by atoms with van der Waals surface area (Å²) in [4.78, 5) is 0. The SMILES string of the molecule is CCCOCCOCCOc1cc(C)c(OCCOCCOCC[N+](C)(C)C)cc1C.[Br-]. The first-order chi connectivity index (χ1) is 14.8. The van der Waals surface area contributed by atoms with E-state index in [4.69, 9.17) is 28.4 Å². The first kappa shape index (κ1) is 31.1. The summed E-state index contributed by atoms with van der Waals surface area (Å²) in [6, 6.07) is 4.02. The highest BCUT2D eigenvalue weighted by Gasteiger charge is 2.08. The maximum absolute atomic E-state index is 5.87. The molecule has 1 aromatic rings. The largest absolute Gasteiger partial charge is 1.00 e. The number of rotatable bonds is 19. The van der Waals surface area contributed by atoms with Crippen LogP contribution in [0.2, 0.25) is 0 Å². The molecule has 8 heteroatoms. The van der Waals surface area contributed by atoms with E-state index in [0.29, 0.717) is 52.9 Å². The van der Waals surface area contributed by atoms with Gasteiger partial charge in [0.05, 0.1) is 67.4 Å². The first-order valence-corrected chi connectivity index (χ1v) is 11.3. The third kappa shape index (κ3) is 15.8. The first-order valence-electron chi connectivity index (χ1n) is 11.3. The van der Waals surface area contributed by atoms with Crippen molar-refractivity contribution in [1.82, 2.24) is 0 Å². The van der Waals surface area contributed by atoms with Crippen LogP contribution in [0.4, 0.5) is 0 Å². The standard InChI is InChI=1S/C24H44NO6.BrH/c1-7-9-26-11-13-28-15-17-30-23-19-22(3)24(20-21(23)2)31-18-16-29-14-12-27-10-8-25(4,5)6;/h19-20H,7-18H2,1-6H3;1H/q+1;/p-1. The van der Waals surface area contributed by atoms with E-state index in [-0.39, 0.29) is 17.0 Å². The highest BCUT2D eigenvalue weighted by Crippen LogP contribution is 2.28. The minimum Gasteiger partial charge on any atom is -1.00 e. The Hall–Kier alpha value is -0.900. The summed E-state index contributed by atoms with van der Waals surface area (Å²) in [5.41, 5.74) is 2.08. The molecule has 0 aliphatic heterocycles. The topological polar surface area (TPSA) is 55.4 Å². The number of nitrogens with zero attached hydrogens (tertiary/aromatic N) is 1. The molecule has 7 nitrogen and oxygen atoms in total. The molecule has 0 saturated carbocycles. The van der Waals surface area contributed by atoms with Crippen LogP contribution in [0.15, 0.2) is 12.1 Å². The molecule has 0 unspecified atom stereocenters. The van der Waals surface area contributed by atoms with Crippen LogP contribution in [0, 0.1) is 13.8 Å². The monoisotopic (exact) mass is 521 g/mol. The average molecular weight is 523 g/mol. The average Bonchev–Trinajstić information content (AvgIpc) is 2.70. The van der Waals surface area contributed by atoms with Gasteiger partial charge in [0.25, 0.3) is 0 Å². The maximum Gasteiger partial charge on any atom is 0.122 e. The summed E-state index contributed by atoms with van der Waals surface area (Å²) in [6.45, 7) is 13.2. The lowest BCUT2D eigenvalue weighted by Gasteiger charge is -2.23. The molecule has 0 N–H and O–H groups in total. The van der Waals surface area contributed by atoms with Crippen LogP contribution in [0.1, 0.15) is 24.5 Å². The van der Waals surface area contributed by atoms with Crippen LogP contribution >= 0.6 is 0 Å². The van der Waals surface area contributed by atoms with E-state index in [0.717, 1.165) is 53.3 Å². The molecule has 0 amide bonds. The van der Waals surface area contributed by atoms with Crippen molar-refractivity contribution in [2.24, 2.45) is 0 Å². The van der Waals surface area contributed by atoms with Crippen LogP contribution in [-0.4, -0.2) is 98.2 Å². The van der Waals surface area contributed by atoms with Gasteiger partial charge < -0.3 is 49.9 Å². The molecule has 0 aliphatic rings. The minimum atomic E-state index is 0. The van der Waals surface area contributed by atoms with Gasteiger partial charge in [0, 0.05) is 6.61 Å². The number of hydrogen-bond acceptors (Lipinski definition) is 6. The Balaban J connectivity index is 0.00000961. The second-order valence-electron chi connectivity index (χ2n) is 8.54. The van der Waals surface area contributed by atoms with E-state index in [9.17, 15) is 0 Å². The van der Waals surface area contributed by atoms with E-state index >= 15 is 0 Å². The summed E-state index contributed by atoms with van der Waals surface area (Å²) < 4.78 is 34.7. The highest BCUT2D eigenvalue weighted by atomic mass is 79.9. The zero-order chi connectivity index (χ0) is 23.0. The van der Waals surface area contributed by atoms with E-state index in [1.165, 1.54) is 0 Å². The van der Waals surface area contributed by atoms with Gasteiger partial charge in [-0.05, 0) is 43.5 Å². The van der Waals surface area contributed by atoms with E-state index < -0.39 is 0 Å². The van der Waals surface area contributed by atoms with Crippen molar-refractivity contribution in [3.8, 4) is 11.5 Å². The summed E-state index contributed by atoms with van der Waals surface area (Å²) in [7, 11) is 6.46. The number of aryl methyl sites for hydroxylation is 2. The second-order valence-corrected chi connectivity index (χ2v) is 8.54. The Kier molecular flexibility index (Phi) is 18.0. The van der Waals surface area contributed by atoms with Crippen LogP contribution in [0.25, 0.3) is 0 Å². The molecule has 0 spiro atoms. The second kappa shape index (κ2) is 18.5. The predicted molar refractivity (Wildman–Crippen MR) is 123 cm³/mol. The van der Waals surface area contributed by atoms with Gasteiger partial charge in [0.1, 0.15) is 31.3 Å². The third-order valence-corrected chi connectivity index (χ3v) is 4.44. The number of likely N-dealkylation sites (N-methyl/N-ethyl adjacent to an activating group) is 1. The summed E-state index contributed by atoms with van der Waals surface area (Å²) in [5.74, 6) is 1.72. The predicted octanol–water partition coefficient (Wildman–Crippen LogP) is 0.248. The summed E-state index contributed by atoms with van der Waals surface area (Å²) in [6.07, 6.45) is 1.03. The van der Waals surface area contributed by atoms with Gasteiger partial charge in [-0.25, -0.2) is 0 Å². The van der Waals surface area contributed by atoms with Crippen molar-refractivity contribution in [3.63, 3.8) is 0 Å². The molecule has 0 heterocycles. The molecule has 0 radical (unpaired) electrons. The Morgan fingerprint density at radius 3 is 1.38 bits per heavy atom. The van der Waals surface area contributed by atoms with Crippen molar-refractivity contribution in [2.45, 2.75) is 27.2 Å². The lowest BCUT2D eigenvalue weighted by atomic mass is 10.1. The zero-order valence-electron chi connectivity index (χ0n) is 20.9. The minimum absolute atomic E-state index is 0. The number of hydrogen-bond donors (Lipinski definition) is 0. The van der Waals surface area contributed by atoms with Gasteiger partial charge >= 0.3 is 0 Å². The van der Waals surface area contributed by atoms with Gasteiger partial charge in [-0.2, -0.15) is 0 Å². The fourth-order valence-electron chi connectivity index (χ4n) is 2.62. The molecular formula is C24H44BrNO6. The molecule has 0 aromatic heterocycles. The van der Waals surface area contributed by atoms with Crippen LogP contribution in [0.5, 0.6) is 11.5 Å². The smallest absolute Gasteiger partial charge is 0.122 e. The molecule has 0 atom stereocenters. The van der Waals surface area contributed by atoms with Crippen LogP contribution < -0.4 is 26.5 Å². The van der Waals surface area contributed by atoms with Gasteiger partial charge in [0.2, 0.25) is 0 Å². The molecule has 0 aliphatic carbocycles. The van der Waals surface area contributed by atoms with Crippen molar-refractivity contribution < 1.29 is 49.9 Å². The zero-order valence-corrected chi connectivity index (χ0v) is 22.5. The Bertz CT molecular complexity index is 595. The molecule has 0 saturated heterocycles. The van der Waals surface area contributed by atoms with Crippen LogP contribution in [-0.2, 0) is 18.9 Å². The quantitative estimate of drug-likeness (QED) is 0.192. The van der Waals surface area contributed by atoms with Crippen molar-refractivity contribution in [2.75, 3.05) is 93.8 Å². The molecule has 1 aromatic carbocycles. The van der Waals surface area contributed by atoms with E-state index in [1.54, 1.807) is 0 Å². The van der Waals surface area contributed by atoms with Crippen molar-refractivity contribution in [1.29, 1.82) is 0 Å². The number of halogens is 1. The number of quaternary nitrogens is 1. The van der Waals surface area contributed by atoms with Crippen molar-refractivity contribution in [3.05, 3.63) is 23.3 Å². The van der Waals surface area contributed by atoms with Gasteiger partial charge in [-0.3, -0.25) is 0 Å². The molecular weight excluding hydrogens is 478 g/mol. The Labute approximate surface area is 205 Å². The normalized spacial score (nSPS) is 11.3. The lowest BCUT2D eigenvalue weighted by Crippen LogP contribution is -3.00. The third-order valence-electron chi connectivity index (χ3n) is 4.44. The van der Waals surface area contributed by atoms with E-state index in [1.807, 2.05) is 26.0 Å². The number of ether oxygens (including phenoxy) is 6. The van der Waals surface area contributed by atoms with Gasteiger partial charge in [0.15, 0.2) is 0 Å². The molecule has 0 bridgehead atoms. The van der Waals surface area contributed by atoms with Crippen molar-refractivity contribution >= 4 is 0 Å². The Morgan fingerprint density at radius 1 is 0.594 bits per heavy atom. The fraction of sp³-hybridized carbons (Fsp3) is 0.750. The van der Waals surface area contributed by atoms with E-state index in [2.05, 4.69) is 28.1 Å². The fourth-order valence-corrected chi connectivity index (χ4v) is 2.62. The Morgan fingerprint density at radius 2 is 0.969 bits per heavy atom. The number of benzene rings is 1. The molecule has 0 fully saturated rings. The van der Waals surface area contributed by atoms with Crippen LogP contribution in [0.3, 0.4) is 0 Å². The van der Waals surface area contributed by atoms with Gasteiger partial charge in [-0.1, -0.05) is 6.92 Å². The summed E-state index contributed by atoms with van der Waals surface area (Å²) >= 11 is 0. The van der Waals surface area contributed by atoms with Gasteiger partial charge in [-0.15, -0.1) is 0 Å². The molecule has 32 heavy (non-hydrogen) atoms. The molecule has 188 valence electrons.